The van der Waals surface area contributed by atoms with Gasteiger partial charge in [0.15, 0.2) is 0 Å². The lowest BCUT2D eigenvalue weighted by atomic mass is 9.96. The quantitative estimate of drug-likeness (QED) is 0.712. The van der Waals surface area contributed by atoms with Crippen molar-refractivity contribution in [2.75, 3.05) is 5.73 Å². The van der Waals surface area contributed by atoms with Crippen molar-refractivity contribution in [1.29, 1.82) is 0 Å². The molecule has 0 heterocycles. The minimum atomic E-state index is 0.852. The standard InChI is InChI=1S/C15H17N/c1-10-7-11(2)9-13(8-10)15-12(3)5-4-6-14(15)16/h4-9H,16H2,1-3H3. The van der Waals surface area contributed by atoms with Gasteiger partial charge >= 0.3 is 0 Å². The Labute approximate surface area is 96.9 Å². The highest BCUT2D eigenvalue weighted by molar-refractivity contribution is 5.79. The van der Waals surface area contributed by atoms with Crippen LogP contribution in [-0.4, -0.2) is 0 Å². The monoisotopic (exact) mass is 211 g/mol. The molecule has 0 saturated heterocycles. The van der Waals surface area contributed by atoms with E-state index >= 15 is 0 Å². The number of hydrogen-bond acceptors (Lipinski definition) is 1. The van der Waals surface area contributed by atoms with Crippen molar-refractivity contribution in [3.8, 4) is 11.1 Å². The van der Waals surface area contributed by atoms with E-state index in [4.69, 9.17) is 5.73 Å². The van der Waals surface area contributed by atoms with Crippen LogP contribution in [0.2, 0.25) is 0 Å². The van der Waals surface area contributed by atoms with Gasteiger partial charge < -0.3 is 5.73 Å². The van der Waals surface area contributed by atoms with Gasteiger partial charge in [0, 0.05) is 11.3 Å². The lowest BCUT2D eigenvalue weighted by molar-refractivity contribution is 1.37. The fourth-order valence-corrected chi connectivity index (χ4v) is 2.20. The van der Waals surface area contributed by atoms with Crippen LogP contribution in [0.3, 0.4) is 0 Å². The van der Waals surface area contributed by atoms with Crippen LogP contribution in [0.1, 0.15) is 16.7 Å². The van der Waals surface area contributed by atoms with E-state index in [0.717, 1.165) is 11.3 Å². The molecule has 2 rings (SSSR count). The lowest BCUT2D eigenvalue weighted by Crippen LogP contribution is -1.93. The molecular weight excluding hydrogens is 194 g/mol. The predicted octanol–water partition coefficient (Wildman–Crippen LogP) is 3.86. The summed E-state index contributed by atoms with van der Waals surface area (Å²) in [5.74, 6) is 0. The van der Waals surface area contributed by atoms with E-state index in [-0.39, 0.29) is 0 Å². The van der Waals surface area contributed by atoms with Gasteiger partial charge in [0.2, 0.25) is 0 Å². The molecule has 0 fully saturated rings. The SMILES string of the molecule is Cc1cc(C)cc(-c2c(C)cccc2N)c1. The van der Waals surface area contributed by atoms with Crippen molar-refractivity contribution < 1.29 is 0 Å². The summed E-state index contributed by atoms with van der Waals surface area (Å²) in [6.07, 6.45) is 0. The second-order valence-corrected chi connectivity index (χ2v) is 4.42. The number of rotatable bonds is 1. The third-order valence-electron chi connectivity index (χ3n) is 2.82. The molecule has 16 heavy (non-hydrogen) atoms. The van der Waals surface area contributed by atoms with Crippen molar-refractivity contribution in [2.24, 2.45) is 0 Å². The molecule has 0 atom stereocenters. The number of nitrogen functional groups attached to an aromatic ring is 1. The minimum absolute atomic E-state index is 0.852. The van der Waals surface area contributed by atoms with Crippen molar-refractivity contribution in [3.63, 3.8) is 0 Å². The van der Waals surface area contributed by atoms with Crippen LogP contribution in [0.25, 0.3) is 11.1 Å². The first-order valence-electron chi connectivity index (χ1n) is 5.51. The lowest BCUT2D eigenvalue weighted by Gasteiger charge is -2.11. The second-order valence-electron chi connectivity index (χ2n) is 4.42. The molecule has 0 aromatic heterocycles. The van der Waals surface area contributed by atoms with Gasteiger partial charge in [-0.2, -0.15) is 0 Å². The number of hydrogen-bond donors (Lipinski definition) is 1. The van der Waals surface area contributed by atoms with Crippen LogP contribution < -0.4 is 5.73 Å². The molecule has 0 amide bonds. The Hall–Kier alpha value is -1.76. The van der Waals surface area contributed by atoms with Crippen LogP contribution in [-0.2, 0) is 0 Å². The van der Waals surface area contributed by atoms with Gasteiger partial charge in [0.05, 0.1) is 0 Å². The van der Waals surface area contributed by atoms with Crippen molar-refractivity contribution in [3.05, 3.63) is 53.1 Å². The molecule has 0 unspecified atom stereocenters. The molecule has 0 aliphatic heterocycles. The average Bonchev–Trinajstić information content (AvgIpc) is 2.15. The zero-order chi connectivity index (χ0) is 11.7. The van der Waals surface area contributed by atoms with E-state index in [1.54, 1.807) is 0 Å². The Balaban J connectivity index is 2.67. The molecule has 1 nitrogen and oxygen atoms in total. The van der Waals surface area contributed by atoms with Gasteiger partial charge in [-0.25, -0.2) is 0 Å². The van der Waals surface area contributed by atoms with Gasteiger partial charge in [-0.15, -0.1) is 0 Å². The van der Waals surface area contributed by atoms with Crippen LogP contribution in [0.15, 0.2) is 36.4 Å². The van der Waals surface area contributed by atoms with Crippen LogP contribution in [0.4, 0.5) is 5.69 Å². The summed E-state index contributed by atoms with van der Waals surface area (Å²) in [5.41, 5.74) is 13.1. The Bertz CT molecular complexity index is 486. The van der Waals surface area contributed by atoms with Crippen LogP contribution >= 0.6 is 0 Å². The van der Waals surface area contributed by atoms with Crippen molar-refractivity contribution in [2.45, 2.75) is 20.8 Å². The Morgan fingerprint density at radius 1 is 0.875 bits per heavy atom. The average molecular weight is 211 g/mol. The zero-order valence-corrected chi connectivity index (χ0v) is 10.0. The summed E-state index contributed by atoms with van der Waals surface area (Å²) in [7, 11) is 0. The van der Waals surface area contributed by atoms with Crippen molar-refractivity contribution in [1.82, 2.24) is 0 Å². The fraction of sp³-hybridized carbons (Fsp3) is 0.200. The molecule has 2 N–H and O–H groups in total. The Morgan fingerprint density at radius 2 is 1.50 bits per heavy atom. The molecular formula is C15H17N. The normalized spacial score (nSPS) is 10.4. The van der Waals surface area contributed by atoms with Gasteiger partial charge in [-0.3, -0.25) is 0 Å². The predicted molar refractivity (Wildman–Crippen MR) is 70.5 cm³/mol. The minimum Gasteiger partial charge on any atom is -0.398 e. The summed E-state index contributed by atoms with van der Waals surface area (Å²) >= 11 is 0. The summed E-state index contributed by atoms with van der Waals surface area (Å²) in [5, 5.41) is 0. The maximum Gasteiger partial charge on any atom is 0.0396 e. The first kappa shape index (κ1) is 10.7. The molecule has 0 spiro atoms. The van der Waals surface area contributed by atoms with Gasteiger partial charge in [0.25, 0.3) is 0 Å². The third-order valence-corrected chi connectivity index (χ3v) is 2.82. The molecule has 0 bridgehead atoms. The Morgan fingerprint density at radius 3 is 2.06 bits per heavy atom. The third kappa shape index (κ3) is 1.94. The Kier molecular flexibility index (Phi) is 2.69. The smallest absolute Gasteiger partial charge is 0.0396 e. The molecule has 0 radical (unpaired) electrons. The summed E-state index contributed by atoms with van der Waals surface area (Å²) < 4.78 is 0. The number of nitrogens with two attached hydrogens (primary N) is 1. The highest BCUT2D eigenvalue weighted by Crippen LogP contribution is 2.30. The molecule has 82 valence electrons. The van der Waals surface area contributed by atoms with Gasteiger partial charge in [0.1, 0.15) is 0 Å². The van der Waals surface area contributed by atoms with Crippen LogP contribution in [0.5, 0.6) is 0 Å². The van der Waals surface area contributed by atoms with E-state index in [1.165, 1.54) is 22.3 Å². The molecule has 0 saturated carbocycles. The van der Waals surface area contributed by atoms with E-state index in [1.807, 2.05) is 12.1 Å². The topological polar surface area (TPSA) is 26.0 Å². The van der Waals surface area contributed by atoms with Gasteiger partial charge in [-0.05, 0) is 38.0 Å². The van der Waals surface area contributed by atoms with Crippen molar-refractivity contribution >= 4 is 5.69 Å². The molecule has 2 aromatic carbocycles. The molecule has 0 aliphatic carbocycles. The van der Waals surface area contributed by atoms with E-state index in [2.05, 4.69) is 45.0 Å². The summed E-state index contributed by atoms with van der Waals surface area (Å²) in [6.45, 7) is 6.33. The number of benzene rings is 2. The fourth-order valence-electron chi connectivity index (χ4n) is 2.20. The van der Waals surface area contributed by atoms with Crippen LogP contribution in [0, 0.1) is 20.8 Å². The summed E-state index contributed by atoms with van der Waals surface area (Å²) in [4.78, 5) is 0. The van der Waals surface area contributed by atoms with E-state index < -0.39 is 0 Å². The largest absolute Gasteiger partial charge is 0.398 e. The maximum absolute atomic E-state index is 6.05. The highest BCUT2D eigenvalue weighted by Gasteiger charge is 2.06. The molecule has 1 heteroatoms. The summed E-state index contributed by atoms with van der Waals surface area (Å²) in [6, 6.07) is 12.6. The number of anilines is 1. The van der Waals surface area contributed by atoms with Gasteiger partial charge in [-0.1, -0.05) is 41.5 Å². The second kappa shape index (κ2) is 4.01. The maximum atomic E-state index is 6.05. The molecule has 0 aliphatic rings. The highest BCUT2D eigenvalue weighted by atomic mass is 14.6. The first-order valence-corrected chi connectivity index (χ1v) is 5.51. The molecule has 2 aromatic rings. The number of aryl methyl sites for hydroxylation is 3. The zero-order valence-electron chi connectivity index (χ0n) is 10.0. The van der Waals surface area contributed by atoms with E-state index in [9.17, 15) is 0 Å². The van der Waals surface area contributed by atoms with E-state index in [0.29, 0.717) is 0 Å². The first-order chi connectivity index (χ1) is 7.58.